The molecule has 0 atom stereocenters. The van der Waals surface area contributed by atoms with E-state index in [1.807, 2.05) is 0 Å². The summed E-state index contributed by atoms with van der Waals surface area (Å²) in [5.74, 6) is 0. The standard InChI is InChI=1S/C11H11S/c1-10-4-6-11(7-5-10)12-8-2-3-9-12/h2-9,12H,1H2. The molecule has 1 heterocycles. The Kier molecular flexibility index (Phi) is 2.05. The zero-order valence-corrected chi connectivity index (χ0v) is 7.67. The highest BCUT2D eigenvalue weighted by atomic mass is 32.2. The maximum atomic E-state index is 3.86. The molecule has 1 heteroatoms. The Labute approximate surface area is 76.0 Å². The summed E-state index contributed by atoms with van der Waals surface area (Å²) in [6.07, 6.45) is 4.23. The summed E-state index contributed by atoms with van der Waals surface area (Å²) < 4.78 is 0. The van der Waals surface area contributed by atoms with Gasteiger partial charge < -0.3 is 0 Å². The van der Waals surface area contributed by atoms with Gasteiger partial charge in [-0.25, -0.2) is 0 Å². The average molecular weight is 175 g/mol. The molecular formula is C11H11S. The Morgan fingerprint density at radius 3 is 2.08 bits per heavy atom. The number of rotatable bonds is 1. The van der Waals surface area contributed by atoms with Gasteiger partial charge in [0.25, 0.3) is 0 Å². The summed E-state index contributed by atoms with van der Waals surface area (Å²) >= 11 is 0. The largest absolute Gasteiger partial charge is 0.186 e. The third-order valence-electron chi connectivity index (χ3n) is 1.84. The van der Waals surface area contributed by atoms with E-state index in [1.54, 1.807) is 0 Å². The van der Waals surface area contributed by atoms with Crippen LogP contribution < -0.4 is 0 Å². The van der Waals surface area contributed by atoms with Crippen LogP contribution in [0.15, 0.2) is 52.1 Å². The van der Waals surface area contributed by atoms with E-state index in [0.29, 0.717) is 0 Å². The zero-order valence-electron chi connectivity index (χ0n) is 6.77. The quantitative estimate of drug-likeness (QED) is 0.622. The minimum Gasteiger partial charge on any atom is -0.186 e. The van der Waals surface area contributed by atoms with E-state index in [2.05, 4.69) is 54.2 Å². The molecule has 0 unspecified atom stereocenters. The Hall–Kier alpha value is -0.950. The van der Waals surface area contributed by atoms with Crippen LogP contribution in [0.5, 0.6) is 0 Å². The van der Waals surface area contributed by atoms with Gasteiger partial charge in [-0.15, -0.1) is 0 Å². The van der Waals surface area contributed by atoms with Gasteiger partial charge in [0.15, 0.2) is 0 Å². The predicted molar refractivity (Wildman–Crippen MR) is 56.4 cm³/mol. The summed E-state index contributed by atoms with van der Waals surface area (Å²) in [5, 5.41) is 4.51. The van der Waals surface area contributed by atoms with Gasteiger partial charge in [0.05, 0.1) is 0 Å². The van der Waals surface area contributed by atoms with Gasteiger partial charge in [-0.05, 0) is 40.3 Å². The van der Waals surface area contributed by atoms with Crippen molar-refractivity contribution in [1.29, 1.82) is 0 Å². The van der Waals surface area contributed by atoms with Crippen LogP contribution in [0, 0.1) is 6.92 Å². The monoisotopic (exact) mass is 175 g/mol. The first kappa shape index (κ1) is 7.69. The summed E-state index contributed by atoms with van der Waals surface area (Å²) in [5.41, 5.74) is 1.08. The first-order valence-electron chi connectivity index (χ1n) is 3.91. The normalized spacial score (nSPS) is 17.2. The van der Waals surface area contributed by atoms with E-state index in [9.17, 15) is 0 Å². The molecule has 0 N–H and O–H groups in total. The zero-order chi connectivity index (χ0) is 8.39. The molecule has 1 aromatic carbocycles. The van der Waals surface area contributed by atoms with Crippen molar-refractivity contribution in [2.24, 2.45) is 0 Å². The minimum absolute atomic E-state index is 0.142. The Morgan fingerprint density at radius 2 is 1.50 bits per heavy atom. The van der Waals surface area contributed by atoms with Gasteiger partial charge in [0.1, 0.15) is 0 Å². The maximum absolute atomic E-state index is 3.86. The van der Waals surface area contributed by atoms with Gasteiger partial charge >= 0.3 is 0 Å². The lowest BCUT2D eigenvalue weighted by molar-refractivity contribution is 1.43. The number of hydrogen-bond acceptors (Lipinski definition) is 0. The highest BCUT2D eigenvalue weighted by molar-refractivity contribution is 8.22. The van der Waals surface area contributed by atoms with Crippen molar-refractivity contribution in [1.82, 2.24) is 0 Å². The van der Waals surface area contributed by atoms with Crippen molar-refractivity contribution >= 4 is 10.9 Å². The fourth-order valence-corrected chi connectivity index (χ4v) is 2.68. The van der Waals surface area contributed by atoms with Gasteiger partial charge in [-0.2, -0.15) is 10.9 Å². The third kappa shape index (κ3) is 1.46. The molecular weight excluding hydrogens is 164 g/mol. The van der Waals surface area contributed by atoms with Crippen LogP contribution in [0.25, 0.3) is 0 Å². The third-order valence-corrected chi connectivity index (χ3v) is 3.72. The van der Waals surface area contributed by atoms with E-state index in [-0.39, 0.29) is 10.9 Å². The second-order valence-electron chi connectivity index (χ2n) is 2.76. The summed E-state index contributed by atoms with van der Waals surface area (Å²) in [6, 6.07) is 8.46. The fraction of sp³-hybridized carbons (Fsp3) is 0. The lowest BCUT2D eigenvalue weighted by Gasteiger charge is -2.09. The van der Waals surface area contributed by atoms with E-state index in [0.717, 1.165) is 5.56 Å². The van der Waals surface area contributed by atoms with Crippen LogP contribution in [0.1, 0.15) is 5.56 Å². The van der Waals surface area contributed by atoms with Gasteiger partial charge in [0.2, 0.25) is 0 Å². The molecule has 0 aliphatic carbocycles. The molecule has 0 saturated heterocycles. The summed E-state index contributed by atoms with van der Waals surface area (Å²) in [4.78, 5) is 1.41. The average Bonchev–Trinajstić information content (AvgIpc) is 2.58. The van der Waals surface area contributed by atoms with Crippen LogP contribution >= 0.6 is 10.9 Å². The first-order valence-corrected chi connectivity index (χ1v) is 5.39. The molecule has 1 aliphatic rings. The molecule has 2 rings (SSSR count). The van der Waals surface area contributed by atoms with Crippen molar-refractivity contribution in [3.8, 4) is 0 Å². The number of allylic oxidation sites excluding steroid dienone is 2. The summed E-state index contributed by atoms with van der Waals surface area (Å²) in [7, 11) is -0.142. The molecule has 61 valence electrons. The van der Waals surface area contributed by atoms with E-state index in [1.165, 1.54) is 4.90 Å². The number of benzene rings is 1. The molecule has 0 bridgehead atoms. The Bertz CT molecular complexity index is 307. The first-order chi connectivity index (χ1) is 5.86. The molecule has 0 aromatic heterocycles. The van der Waals surface area contributed by atoms with Crippen molar-refractivity contribution in [2.75, 3.05) is 0 Å². The molecule has 1 aromatic rings. The smallest absolute Gasteiger partial charge is 0.00550 e. The topological polar surface area (TPSA) is 0 Å². The lowest BCUT2D eigenvalue weighted by Crippen LogP contribution is -1.75. The SMILES string of the molecule is [CH2]c1ccc([SH]2C=CC=C2)cc1. The van der Waals surface area contributed by atoms with Crippen molar-refractivity contribution < 1.29 is 0 Å². The molecule has 0 saturated carbocycles. The van der Waals surface area contributed by atoms with E-state index < -0.39 is 0 Å². The van der Waals surface area contributed by atoms with Crippen molar-refractivity contribution in [3.63, 3.8) is 0 Å². The highest BCUT2D eigenvalue weighted by Crippen LogP contribution is 2.41. The lowest BCUT2D eigenvalue weighted by atomic mass is 10.2. The van der Waals surface area contributed by atoms with Crippen LogP contribution in [-0.2, 0) is 0 Å². The molecule has 1 radical (unpaired) electrons. The molecule has 0 amide bonds. The second-order valence-corrected chi connectivity index (χ2v) is 4.68. The molecule has 12 heavy (non-hydrogen) atoms. The minimum atomic E-state index is -0.142. The van der Waals surface area contributed by atoms with Crippen LogP contribution in [-0.4, -0.2) is 0 Å². The number of thiol groups is 1. The van der Waals surface area contributed by atoms with Crippen LogP contribution in [0.3, 0.4) is 0 Å². The van der Waals surface area contributed by atoms with E-state index in [4.69, 9.17) is 0 Å². The van der Waals surface area contributed by atoms with Crippen molar-refractivity contribution in [2.45, 2.75) is 4.90 Å². The molecule has 1 aliphatic heterocycles. The Morgan fingerprint density at radius 1 is 0.917 bits per heavy atom. The summed E-state index contributed by atoms with van der Waals surface area (Å²) in [6.45, 7) is 3.86. The van der Waals surface area contributed by atoms with Gasteiger partial charge in [0, 0.05) is 0 Å². The predicted octanol–water partition coefficient (Wildman–Crippen LogP) is 3.27. The van der Waals surface area contributed by atoms with Crippen LogP contribution in [0.4, 0.5) is 0 Å². The Balaban J connectivity index is 2.29. The fourth-order valence-electron chi connectivity index (χ4n) is 1.17. The maximum Gasteiger partial charge on any atom is -0.00550 e. The molecule has 0 fully saturated rings. The number of hydrogen-bond donors (Lipinski definition) is 1. The van der Waals surface area contributed by atoms with E-state index >= 15 is 0 Å². The molecule has 0 nitrogen and oxygen atoms in total. The van der Waals surface area contributed by atoms with Gasteiger partial charge in [-0.1, -0.05) is 24.3 Å². The molecule has 0 spiro atoms. The van der Waals surface area contributed by atoms with Crippen molar-refractivity contribution in [3.05, 3.63) is 59.7 Å². The van der Waals surface area contributed by atoms with Gasteiger partial charge in [-0.3, -0.25) is 0 Å². The highest BCUT2D eigenvalue weighted by Gasteiger charge is 2.00. The van der Waals surface area contributed by atoms with Crippen LogP contribution in [0.2, 0.25) is 0 Å². The second kappa shape index (κ2) is 3.20.